The lowest BCUT2D eigenvalue weighted by Gasteiger charge is -2.13. The van der Waals surface area contributed by atoms with Gasteiger partial charge in [-0.15, -0.1) is 0 Å². The number of aliphatic hydroxyl groups excluding tert-OH is 1. The Kier molecular flexibility index (Phi) is 4.97. The van der Waals surface area contributed by atoms with Gasteiger partial charge in [0, 0.05) is 0 Å². The molecule has 0 aliphatic carbocycles. The Morgan fingerprint density at radius 2 is 2.26 bits per heavy atom. The van der Waals surface area contributed by atoms with Crippen LogP contribution in [0.4, 0.5) is 0 Å². The summed E-state index contributed by atoms with van der Waals surface area (Å²) in [6.45, 7) is 1.02. The fraction of sp³-hybridized carbons (Fsp3) is 0.333. The van der Waals surface area contributed by atoms with E-state index in [1.807, 2.05) is 6.07 Å². The number of aryl methyl sites for hydroxylation is 1. The number of aromatic nitrogens is 1. The van der Waals surface area contributed by atoms with Crippen LogP contribution in [0.1, 0.15) is 21.7 Å². The summed E-state index contributed by atoms with van der Waals surface area (Å²) < 4.78 is 4.42. The molecule has 0 aliphatic rings. The molecule has 0 bridgehead atoms. The highest BCUT2D eigenvalue weighted by Gasteiger charge is 2.21. The van der Waals surface area contributed by atoms with Crippen LogP contribution < -0.4 is 5.32 Å². The van der Waals surface area contributed by atoms with Gasteiger partial charge < -0.3 is 15.2 Å². The van der Waals surface area contributed by atoms with Gasteiger partial charge in [-0.1, -0.05) is 0 Å². The summed E-state index contributed by atoms with van der Waals surface area (Å²) in [5.41, 5.74) is 0.829. The third-order valence-corrected chi connectivity index (χ3v) is 2.41. The van der Waals surface area contributed by atoms with E-state index in [1.165, 1.54) is 12.1 Å². The second-order valence-corrected chi connectivity index (χ2v) is 3.67. The highest BCUT2D eigenvalue weighted by atomic mass is 16.5. The highest BCUT2D eigenvalue weighted by Crippen LogP contribution is 2.05. The summed E-state index contributed by atoms with van der Waals surface area (Å²) >= 11 is 0. The molecule has 1 atom stereocenters. The number of ether oxygens (including phenoxy) is 1. The van der Waals surface area contributed by atoms with Crippen molar-refractivity contribution >= 4 is 11.9 Å². The molecule has 2 N–H and O–H groups in total. The van der Waals surface area contributed by atoms with Crippen LogP contribution in [-0.2, 0) is 9.53 Å². The van der Waals surface area contributed by atoms with Gasteiger partial charge in [0.1, 0.15) is 11.8 Å². The molecule has 0 saturated carbocycles. The zero-order chi connectivity index (χ0) is 14.4. The Hall–Kier alpha value is -2.46. The number of nitriles is 1. The maximum atomic E-state index is 11.8. The van der Waals surface area contributed by atoms with Gasteiger partial charge in [0.25, 0.3) is 5.91 Å². The van der Waals surface area contributed by atoms with E-state index in [9.17, 15) is 9.59 Å². The number of pyridine rings is 1. The lowest BCUT2D eigenvalue weighted by molar-refractivity contribution is -0.143. The molecule has 0 aromatic carbocycles. The van der Waals surface area contributed by atoms with Crippen LogP contribution in [0.3, 0.4) is 0 Å². The quantitative estimate of drug-likeness (QED) is 0.710. The van der Waals surface area contributed by atoms with Gasteiger partial charge in [0.05, 0.1) is 25.0 Å². The van der Waals surface area contributed by atoms with E-state index in [1.54, 1.807) is 6.92 Å². The van der Waals surface area contributed by atoms with Crippen LogP contribution in [-0.4, -0.2) is 41.7 Å². The van der Waals surface area contributed by atoms with Gasteiger partial charge in [-0.05, 0) is 19.1 Å². The van der Waals surface area contributed by atoms with Gasteiger partial charge in [-0.25, -0.2) is 9.78 Å². The Morgan fingerprint density at radius 1 is 1.58 bits per heavy atom. The first-order chi connectivity index (χ1) is 9.03. The van der Waals surface area contributed by atoms with Crippen LogP contribution in [0.5, 0.6) is 0 Å². The minimum absolute atomic E-state index is 0.0545. The van der Waals surface area contributed by atoms with Crippen LogP contribution >= 0.6 is 0 Å². The molecule has 1 heterocycles. The predicted octanol–water partition coefficient (Wildman–Crippen LogP) is -0.475. The van der Waals surface area contributed by atoms with E-state index in [2.05, 4.69) is 15.0 Å². The van der Waals surface area contributed by atoms with Crippen LogP contribution in [0.2, 0.25) is 0 Å². The summed E-state index contributed by atoms with van der Waals surface area (Å²) in [4.78, 5) is 27.0. The Balaban J connectivity index is 2.87. The van der Waals surface area contributed by atoms with Crippen molar-refractivity contribution < 1.29 is 19.4 Å². The lowest BCUT2D eigenvalue weighted by Crippen LogP contribution is -2.44. The molecule has 1 unspecified atom stereocenters. The number of nitrogens with one attached hydrogen (secondary N) is 1. The van der Waals surface area contributed by atoms with E-state index >= 15 is 0 Å². The number of methoxy groups -OCH3 is 1. The number of hydrogen-bond donors (Lipinski definition) is 2. The van der Waals surface area contributed by atoms with Crippen LogP contribution in [0.15, 0.2) is 12.1 Å². The molecule has 0 saturated heterocycles. The summed E-state index contributed by atoms with van der Waals surface area (Å²) in [6, 6.07) is 3.62. The van der Waals surface area contributed by atoms with Gasteiger partial charge >= 0.3 is 5.97 Å². The van der Waals surface area contributed by atoms with Crippen molar-refractivity contribution in [1.29, 1.82) is 5.26 Å². The number of hydrogen-bond acceptors (Lipinski definition) is 6. The third kappa shape index (κ3) is 3.50. The molecule has 1 amide bonds. The monoisotopic (exact) mass is 263 g/mol. The molecule has 19 heavy (non-hydrogen) atoms. The lowest BCUT2D eigenvalue weighted by atomic mass is 10.2. The molecule has 0 aliphatic heterocycles. The van der Waals surface area contributed by atoms with Crippen molar-refractivity contribution in [3.8, 4) is 6.07 Å². The molecule has 0 fully saturated rings. The van der Waals surface area contributed by atoms with Crippen molar-refractivity contribution in [1.82, 2.24) is 10.3 Å². The van der Waals surface area contributed by atoms with E-state index < -0.39 is 24.5 Å². The fourth-order valence-electron chi connectivity index (χ4n) is 1.36. The SMILES string of the molecule is COC(=O)C(CO)NC(=O)c1ccc(C#N)c(C)n1. The number of rotatable bonds is 4. The van der Waals surface area contributed by atoms with Gasteiger partial charge in [-0.2, -0.15) is 5.26 Å². The van der Waals surface area contributed by atoms with Crippen molar-refractivity contribution in [2.24, 2.45) is 0 Å². The number of carbonyl (C=O) groups excluding carboxylic acids is 2. The van der Waals surface area contributed by atoms with Gasteiger partial charge in [0.15, 0.2) is 6.04 Å². The van der Waals surface area contributed by atoms with E-state index in [0.29, 0.717) is 11.3 Å². The molecule has 0 spiro atoms. The Bertz CT molecular complexity index is 536. The van der Waals surface area contributed by atoms with E-state index in [4.69, 9.17) is 10.4 Å². The molecular weight excluding hydrogens is 250 g/mol. The van der Waals surface area contributed by atoms with Gasteiger partial charge in [0.2, 0.25) is 0 Å². The van der Waals surface area contributed by atoms with E-state index in [-0.39, 0.29) is 5.69 Å². The normalized spacial score (nSPS) is 11.3. The van der Waals surface area contributed by atoms with Crippen LogP contribution in [0, 0.1) is 18.3 Å². The third-order valence-electron chi connectivity index (χ3n) is 2.41. The van der Waals surface area contributed by atoms with E-state index in [0.717, 1.165) is 7.11 Å². The summed E-state index contributed by atoms with van der Waals surface area (Å²) in [6.07, 6.45) is 0. The summed E-state index contributed by atoms with van der Waals surface area (Å²) in [7, 11) is 1.15. The smallest absolute Gasteiger partial charge is 0.330 e. The van der Waals surface area contributed by atoms with Crippen molar-refractivity contribution in [2.75, 3.05) is 13.7 Å². The topological polar surface area (TPSA) is 112 Å². The maximum Gasteiger partial charge on any atom is 0.330 e. The molecule has 7 heteroatoms. The minimum atomic E-state index is -1.14. The maximum absolute atomic E-state index is 11.8. The predicted molar refractivity (Wildman–Crippen MR) is 64.0 cm³/mol. The van der Waals surface area contributed by atoms with Crippen molar-refractivity contribution in [3.05, 3.63) is 29.1 Å². The zero-order valence-electron chi connectivity index (χ0n) is 10.5. The molecule has 7 nitrogen and oxygen atoms in total. The largest absolute Gasteiger partial charge is 0.467 e. The average Bonchev–Trinajstić information content (AvgIpc) is 2.43. The standard InChI is InChI=1S/C12H13N3O4/c1-7-8(5-13)3-4-9(14-7)11(17)15-10(6-16)12(18)19-2/h3-4,10,16H,6H2,1-2H3,(H,15,17). The Labute approximate surface area is 109 Å². The summed E-state index contributed by atoms with van der Waals surface area (Å²) in [5, 5.41) is 20.0. The van der Waals surface area contributed by atoms with Crippen LogP contribution in [0.25, 0.3) is 0 Å². The minimum Gasteiger partial charge on any atom is -0.467 e. The first kappa shape index (κ1) is 14.6. The second-order valence-electron chi connectivity index (χ2n) is 3.67. The molecule has 1 rings (SSSR count). The highest BCUT2D eigenvalue weighted by molar-refractivity contribution is 5.95. The van der Waals surface area contributed by atoms with Crippen molar-refractivity contribution in [2.45, 2.75) is 13.0 Å². The number of amides is 1. The number of aliphatic hydroxyl groups is 1. The average molecular weight is 263 g/mol. The van der Waals surface area contributed by atoms with Gasteiger partial charge in [-0.3, -0.25) is 4.79 Å². The molecule has 1 aromatic rings. The number of esters is 1. The zero-order valence-corrected chi connectivity index (χ0v) is 10.5. The number of carbonyl (C=O) groups is 2. The van der Waals surface area contributed by atoms with Crippen molar-refractivity contribution in [3.63, 3.8) is 0 Å². The Morgan fingerprint density at radius 3 is 2.74 bits per heavy atom. The first-order valence-corrected chi connectivity index (χ1v) is 5.40. The molecule has 0 radical (unpaired) electrons. The summed E-state index contributed by atoms with van der Waals surface area (Å²) in [5.74, 6) is -1.38. The molecule has 100 valence electrons. The molecular formula is C12H13N3O4. The first-order valence-electron chi connectivity index (χ1n) is 5.40. The molecule has 1 aromatic heterocycles. The number of nitrogens with zero attached hydrogens (tertiary/aromatic N) is 2. The fourth-order valence-corrected chi connectivity index (χ4v) is 1.36. The second kappa shape index (κ2) is 6.47.